The van der Waals surface area contributed by atoms with E-state index in [4.69, 9.17) is 25.9 Å². The molecular weight excluding hydrogens is 817 g/mol. The number of aromatic nitrogens is 3. The molecule has 13 rings (SSSR count). The van der Waals surface area contributed by atoms with Gasteiger partial charge in [-0.15, -0.1) is 0 Å². The van der Waals surface area contributed by atoms with E-state index in [1.807, 2.05) is 72.8 Å². The highest BCUT2D eigenvalue weighted by atomic mass is 16.3. The molecule has 0 fully saturated rings. The molecule has 0 amide bonds. The average Bonchev–Trinajstić information content (AvgIpc) is 3.78. The van der Waals surface area contributed by atoms with Crippen molar-refractivity contribution in [2.75, 3.05) is 0 Å². The Kier molecular flexibility index (Phi) is 8.84. The Morgan fingerprint density at radius 2 is 0.761 bits per heavy atom. The number of furan rings is 1. The Morgan fingerprint density at radius 1 is 0.284 bits per heavy atom. The summed E-state index contributed by atoms with van der Waals surface area (Å²) in [5.41, 5.74) is 11.8. The van der Waals surface area contributed by atoms with Crippen molar-refractivity contribution in [1.82, 2.24) is 15.0 Å². The van der Waals surface area contributed by atoms with Crippen molar-refractivity contribution in [2.45, 2.75) is 0 Å². The summed E-state index contributed by atoms with van der Waals surface area (Å²) in [7, 11) is 0. The fraction of sp³-hybridized carbons (Fsp3) is 0. The van der Waals surface area contributed by atoms with Gasteiger partial charge in [-0.25, -0.2) is 19.8 Å². The molecule has 67 heavy (non-hydrogen) atoms. The molecule has 0 radical (unpaired) electrons. The molecule has 0 aliphatic heterocycles. The van der Waals surface area contributed by atoms with Gasteiger partial charge in [0.05, 0.1) is 6.57 Å². The van der Waals surface area contributed by atoms with E-state index in [1.165, 1.54) is 48.8 Å². The van der Waals surface area contributed by atoms with Crippen molar-refractivity contribution >= 4 is 70.7 Å². The van der Waals surface area contributed by atoms with Crippen molar-refractivity contribution in [3.63, 3.8) is 0 Å². The normalized spacial score (nSPS) is 11.6. The third-order valence-electron chi connectivity index (χ3n) is 13.1. The van der Waals surface area contributed by atoms with Crippen molar-refractivity contribution in [2.24, 2.45) is 0 Å². The fourth-order valence-electron chi connectivity index (χ4n) is 9.96. The summed E-state index contributed by atoms with van der Waals surface area (Å²) >= 11 is 0. The number of hydrogen-bond donors (Lipinski definition) is 0. The van der Waals surface area contributed by atoms with Gasteiger partial charge >= 0.3 is 0 Å². The Hall–Kier alpha value is -9.24. The summed E-state index contributed by atoms with van der Waals surface area (Å²) in [5.74, 6) is 1.81. The lowest BCUT2D eigenvalue weighted by Gasteiger charge is -2.18. The molecule has 11 aromatic carbocycles. The predicted molar refractivity (Wildman–Crippen MR) is 276 cm³/mol. The van der Waals surface area contributed by atoms with Crippen LogP contribution >= 0.6 is 0 Å². The van der Waals surface area contributed by atoms with Crippen LogP contribution in [0.3, 0.4) is 0 Å². The van der Waals surface area contributed by atoms with Gasteiger partial charge in [-0.05, 0) is 119 Å². The molecule has 0 N–H and O–H groups in total. The van der Waals surface area contributed by atoms with Gasteiger partial charge in [0.2, 0.25) is 0 Å². The topological polar surface area (TPSA) is 56.2 Å². The predicted octanol–water partition coefficient (Wildman–Crippen LogP) is 16.9. The van der Waals surface area contributed by atoms with Crippen LogP contribution in [0.5, 0.6) is 0 Å². The zero-order chi connectivity index (χ0) is 44.4. The molecule has 0 spiro atoms. The number of hydrogen-bond acceptors (Lipinski definition) is 4. The number of fused-ring (bicyclic) bond motifs is 9. The van der Waals surface area contributed by atoms with E-state index in [2.05, 4.69) is 150 Å². The van der Waals surface area contributed by atoms with Crippen LogP contribution in [-0.4, -0.2) is 15.0 Å². The maximum atomic E-state index is 7.50. The second-order valence-corrected chi connectivity index (χ2v) is 17.0. The van der Waals surface area contributed by atoms with Crippen molar-refractivity contribution in [3.8, 4) is 67.5 Å². The highest BCUT2D eigenvalue weighted by molar-refractivity contribution is 6.25. The van der Waals surface area contributed by atoms with Gasteiger partial charge in [0.15, 0.2) is 23.2 Å². The standard InChI is InChI=1S/C62H36N4O/c1-63-43-29-26-38(27-30-43)53-36-55-50-23-10-9-22-49(50)54(37-56(55)48-21-8-7-20-47(48)53)51-32-31-44(45-18-5-6-19-46(45)51)40-16-13-17-41(34-40)61-64-60(39-14-3-2-4-15-39)65-62(66-61)42-28-33-59-57(35-42)52-24-11-12-25-58(52)67-59/h2-37H. The number of rotatable bonds is 6. The molecule has 310 valence electrons. The Balaban J connectivity index is 0.956. The average molecular weight is 853 g/mol. The minimum atomic E-state index is 0.595. The molecule has 13 aromatic rings. The molecule has 5 heteroatoms. The first-order valence-electron chi connectivity index (χ1n) is 22.4. The second kappa shape index (κ2) is 15.5. The molecule has 5 nitrogen and oxygen atoms in total. The van der Waals surface area contributed by atoms with Crippen LogP contribution in [0.4, 0.5) is 5.69 Å². The minimum Gasteiger partial charge on any atom is -0.456 e. The van der Waals surface area contributed by atoms with Crippen molar-refractivity contribution in [1.29, 1.82) is 0 Å². The van der Waals surface area contributed by atoms with Gasteiger partial charge in [0.25, 0.3) is 0 Å². The fourth-order valence-corrected chi connectivity index (χ4v) is 9.96. The molecule has 2 aromatic heterocycles. The number of para-hydroxylation sites is 1. The minimum absolute atomic E-state index is 0.595. The lowest BCUT2D eigenvalue weighted by molar-refractivity contribution is 0.669. The molecule has 0 atom stereocenters. The van der Waals surface area contributed by atoms with E-state index in [9.17, 15) is 0 Å². The second-order valence-electron chi connectivity index (χ2n) is 17.0. The zero-order valence-electron chi connectivity index (χ0n) is 36.0. The summed E-state index contributed by atoms with van der Waals surface area (Å²) in [6.07, 6.45) is 0. The van der Waals surface area contributed by atoms with Gasteiger partial charge in [0.1, 0.15) is 11.2 Å². The number of nitrogens with zero attached hydrogens (tertiary/aromatic N) is 4. The zero-order valence-corrected chi connectivity index (χ0v) is 36.0. The van der Waals surface area contributed by atoms with Crippen LogP contribution in [0.1, 0.15) is 0 Å². The number of benzene rings is 11. The van der Waals surface area contributed by atoms with Gasteiger partial charge in [-0.2, -0.15) is 0 Å². The van der Waals surface area contributed by atoms with E-state index in [-0.39, 0.29) is 0 Å². The van der Waals surface area contributed by atoms with Crippen LogP contribution in [-0.2, 0) is 0 Å². The monoisotopic (exact) mass is 852 g/mol. The van der Waals surface area contributed by atoms with Crippen LogP contribution < -0.4 is 0 Å². The first-order chi connectivity index (χ1) is 33.1. The maximum absolute atomic E-state index is 7.50. The van der Waals surface area contributed by atoms with E-state index in [1.54, 1.807) is 0 Å². The van der Waals surface area contributed by atoms with Gasteiger partial charge in [-0.3, -0.25) is 0 Å². The largest absolute Gasteiger partial charge is 0.456 e. The molecule has 0 bridgehead atoms. The SMILES string of the molecule is [C-]#[N+]c1ccc(-c2cc3c4ccccc4c(-c4ccc(-c5cccc(-c6nc(-c7ccccc7)nc(-c7ccc8oc9ccccc9c8c7)n6)c5)c5ccccc45)cc3c3ccccc23)cc1. The highest BCUT2D eigenvalue weighted by Crippen LogP contribution is 2.45. The molecular formula is C62H36N4O. The molecule has 0 unspecified atom stereocenters. The molecule has 0 saturated carbocycles. The quantitative estimate of drug-likeness (QED) is 0.123. The molecule has 0 aliphatic rings. The lowest BCUT2D eigenvalue weighted by atomic mass is 9.85. The van der Waals surface area contributed by atoms with Gasteiger partial charge < -0.3 is 4.42 Å². The van der Waals surface area contributed by atoms with Crippen LogP contribution in [0.25, 0.3) is 137 Å². The smallest absolute Gasteiger partial charge is 0.187 e. The summed E-state index contributed by atoms with van der Waals surface area (Å²) in [4.78, 5) is 19.0. The van der Waals surface area contributed by atoms with Crippen LogP contribution in [0.15, 0.2) is 223 Å². The lowest BCUT2D eigenvalue weighted by Crippen LogP contribution is -2.00. The third-order valence-corrected chi connectivity index (χ3v) is 13.1. The summed E-state index contributed by atoms with van der Waals surface area (Å²) in [6, 6.07) is 76.3. The van der Waals surface area contributed by atoms with Gasteiger partial charge in [-0.1, -0.05) is 176 Å². The van der Waals surface area contributed by atoms with Crippen molar-refractivity contribution < 1.29 is 4.42 Å². The Bertz CT molecular complexity index is 4170. The van der Waals surface area contributed by atoms with E-state index in [0.717, 1.165) is 66.3 Å². The third kappa shape index (κ3) is 6.43. The highest BCUT2D eigenvalue weighted by Gasteiger charge is 2.19. The summed E-state index contributed by atoms with van der Waals surface area (Å²) in [6.45, 7) is 7.50. The Labute approximate surface area is 385 Å². The first kappa shape index (κ1) is 38.2. The maximum Gasteiger partial charge on any atom is 0.187 e. The Morgan fingerprint density at radius 3 is 1.45 bits per heavy atom. The molecule has 0 saturated heterocycles. The first-order valence-corrected chi connectivity index (χ1v) is 22.4. The summed E-state index contributed by atoms with van der Waals surface area (Å²) in [5, 5.41) is 11.6. The van der Waals surface area contributed by atoms with Crippen LogP contribution in [0, 0.1) is 6.57 Å². The van der Waals surface area contributed by atoms with E-state index in [0.29, 0.717) is 23.2 Å². The van der Waals surface area contributed by atoms with E-state index >= 15 is 0 Å². The van der Waals surface area contributed by atoms with Crippen molar-refractivity contribution in [3.05, 3.63) is 230 Å². The molecule has 0 aliphatic carbocycles. The molecule has 2 heterocycles. The van der Waals surface area contributed by atoms with Gasteiger partial charge in [0, 0.05) is 27.5 Å². The summed E-state index contributed by atoms with van der Waals surface area (Å²) < 4.78 is 6.16. The van der Waals surface area contributed by atoms with Crippen LogP contribution in [0.2, 0.25) is 0 Å². The van der Waals surface area contributed by atoms with E-state index < -0.39 is 0 Å².